The van der Waals surface area contributed by atoms with Crippen LogP contribution in [0.15, 0.2) is 48.5 Å². The zero-order chi connectivity index (χ0) is 19.8. The highest BCUT2D eigenvalue weighted by atomic mass is 35.5. The number of amides is 1. The van der Waals surface area contributed by atoms with Gasteiger partial charge in [-0.1, -0.05) is 35.9 Å². The first kappa shape index (κ1) is 18.5. The predicted molar refractivity (Wildman–Crippen MR) is 110 cm³/mol. The summed E-state index contributed by atoms with van der Waals surface area (Å²) in [7, 11) is 1.57. The Hall–Kier alpha value is -2.83. The number of aromatic carboxylic acids is 1. The molecular weight excluding hydrogens is 398 g/mol. The smallest absolute Gasteiger partial charge is 0.346 e. The summed E-state index contributed by atoms with van der Waals surface area (Å²) < 4.78 is 5.18. The van der Waals surface area contributed by atoms with E-state index in [4.69, 9.17) is 16.3 Å². The summed E-state index contributed by atoms with van der Waals surface area (Å²) in [5, 5.41) is 13.3. The largest absolute Gasteiger partial charge is 0.497 e. The number of nitrogens with one attached hydrogen (secondary N) is 1. The van der Waals surface area contributed by atoms with Crippen molar-refractivity contribution < 1.29 is 19.4 Å². The van der Waals surface area contributed by atoms with Crippen molar-refractivity contribution in [3.8, 4) is 16.9 Å². The number of carbonyl (C=O) groups is 2. The summed E-state index contributed by atoms with van der Waals surface area (Å²) in [5.41, 5.74) is 2.75. The lowest BCUT2D eigenvalue weighted by molar-refractivity contribution is -0.116. The number of thiophene rings is 1. The zero-order valence-electron chi connectivity index (χ0n) is 14.9. The van der Waals surface area contributed by atoms with E-state index < -0.39 is 5.97 Å². The van der Waals surface area contributed by atoms with Crippen molar-refractivity contribution >= 4 is 40.5 Å². The topological polar surface area (TPSA) is 75.6 Å². The summed E-state index contributed by atoms with van der Waals surface area (Å²) in [5.74, 6) is -0.699. The number of ether oxygens (including phenoxy) is 1. The van der Waals surface area contributed by atoms with Crippen molar-refractivity contribution in [3.05, 3.63) is 68.9 Å². The molecule has 0 fully saturated rings. The van der Waals surface area contributed by atoms with Crippen LogP contribution in [0.4, 0.5) is 5.69 Å². The fourth-order valence-corrected chi connectivity index (χ4v) is 4.81. The molecular formula is C21H16ClNO4S. The minimum absolute atomic E-state index is 0.142. The third-order valence-corrected chi connectivity index (χ3v) is 6.29. The van der Waals surface area contributed by atoms with Gasteiger partial charge in [0.05, 0.1) is 12.8 Å². The van der Waals surface area contributed by atoms with Crippen LogP contribution in [0.3, 0.4) is 0 Å². The molecule has 4 rings (SSSR count). The van der Waals surface area contributed by atoms with E-state index in [1.165, 1.54) is 11.3 Å². The third kappa shape index (κ3) is 3.25. The van der Waals surface area contributed by atoms with E-state index in [2.05, 4.69) is 5.32 Å². The van der Waals surface area contributed by atoms with Gasteiger partial charge in [-0.15, -0.1) is 11.3 Å². The van der Waals surface area contributed by atoms with Crippen LogP contribution in [0.5, 0.6) is 5.75 Å². The van der Waals surface area contributed by atoms with Crippen LogP contribution in [0.2, 0.25) is 5.02 Å². The molecule has 28 heavy (non-hydrogen) atoms. The number of halogens is 1. The molecule has 0 bridgehead atoms. The van der Waals surface area contributed by atoms with Gasteiger partial charge < -0.3 is 15.2 Å². The van der Waals surface area contributed by atoms with Crippen molar-refractivity contribution in [1.82, 2.24) is 0 Å². The number of rotatable bonds is 4. The fourth-order valence-electron chi connectivity index (χ4n) is 3.43. The molecule has 3 aromatic rings. The van der Waals surface area contributed by atoms with E-state index in [1.807, 2.05) is 12.1 Å². The Labute approximate surface area is 170 Å². The summed E-state index contributed by atoms with van der Waals surface area (Å²) >= 11 is 7.20. The molecule has 142 valence electrons. The quantitative estimate of drug-likeness (QED) is 0.612. The highest BCUT2D eigenvalue weighted by Gasteiger charge is 2.34. The molecule has 1 aromatic heterocycles. The fraction of sp³-hybridized carbons (Fsp3) is 0.143. The van der Waals surface area contributed by atoms with Gasteiger partial charge in [-0.2, -0.15) is 0 Å². The van der Waals surface area contributed by atoms with E-state index >= 15 is 0 Å². The van der Waals surface area contributed by atoms with E-state index in [0.29, 0.717) is 27.6 Å². The Morgan fingerprint density at radius 3 is 2.46 bits per heavy atom. The average Bonchev–Trinajstić information content (AvgIpc) is 3.07. The lowest BCUT2D eigenvalue weighted by atomic mass is 9.88. The summed E-state index contributed by atoms with van der Waals surface area (Å²) in [6.45, 7) is 0. The normalized spacial score (nSPS) is 15.6. The van der Waals surface area contributed by atoms with Crippen molar-refractivity contribution in [2.45, 2.75) is 12.3 Å². The van der Waals surface area contributed by atoms with Crippen LogP contribution in [0.1, 0.15) is 32.5 Å². The molecule has 0 radical (unpaired) electrons. The van der Waals surface area contributed by atoms with E-state index in [1.54, 1.807) is 43.5 Å². The van der Waals surface area contributed by atoms with Crippen molar-refractivity contribution in [2.24, 2.45) is 0 Å². The van der Waals surface area contributed by atoms with Gasteiger partial charge in [-0.3, -0.25) is 4.79 Å². The third-order valence-electron chi connectivity index (χ3n) is 4.75. The van der Waals surface area contributed by atoms with Crippen LogP contribution in [-0.4, -0.2) is 24.1 Å². The molecule has 1 aliphatic rings. The lowest BCUT2D eigenvalue weighted by Gasteiger charge is -2.24. The highest BCUT2D eigenvalue weighted by molar-refractivity contribution is 7.15. The van der Waals surface area contributed by atoms with Crippen molar-refractivity contribution in [1.29, 1.82) is 0 Å². The molecule has 5 nitrogen and oxygen atoms in total. The molecule has 1 aliphatic heterocycles. The summed E-state index contributed by atoms with van der Waals surface area (Å²) in [4.78, 5) is 25.4. The Morgan fingerprint density at radius 2 is 1.86 bits per heavy atom. The second kappa shape index (κ2) is 7.30. The summed E-state index contributed by atoms with van der Waals surface area (Å²) in [6.07, 6.45) is 0.260. The first-order valence-corrected chi connectivity index (χ1v) is 9.77. The predicted octanol–water partition coefficient (Wildman–Crippen LogP) is 5.25. The van der Waals surface area contributed by atoms with Gasteiger partial charge in [0.1, 0.15) is 10.6 Å². The Balaban J connectivity index is 1.89. The molecule has 7 heteroatoms. The van der Waals surface area contributed by atoms with Gasteiger partial charge in [-0.05, 0) is 35.4 Å². The number of carboxylic acid groups (broad SMARTS) is 1. The van der Waals surface area contributed by atoms with Gasteiger partial charge in [0.25, 0.3) is 0 Å². The molecule has 1 atom stereocenters. The van der Waals surface area contributed by atoms with Gasteiger partial charge in [0.2, 0.25) is 5.91 Å². The van der Waals surface area contributed by atoms with Crippen LogP contribution < -0.4 is 10.1 Å². The first-order chi connectivity index (χ1) is 13.5. The maximum atomic E-state index is 12.4. The van der Waals surface area contributed by atoms with E-state index in [9.17, 15) is 14.7 Å². The number of anilines is 1. The molecule has 0 saturated heterocycles. The van der Waals surface area contributed by atoms with E-state index in [-0.39, 0.29) is 23.1 Å². The van der Waals surface area contributed by atoms with E-state index in [0.717, 1.165) is 10.4 Å². The lowest BCUT2D eigenvalue weighted by Crippen LogP contribution is -2.22. The Morgan fingerprint density at radius 1 is 1.18 bits per heavy atom. The second-order valence-corrected chi connectivity index (χ2v) is 7.92. The van der Waals surface area contributed by atoms with Crippen LogP contribution in [0.25, 0.3) is 11.1 Å². The first-order valence-electron chi connectivity index (χ1n) is 8.57. The monoisotopic (exact) mass is 413 g/mol. The van der Waals surface area contributed by atoms with Gasteiger partial charge >= 0.3 is 5.97 Å². The Bertz CT molecular complexity index is 1060. The van der Waals surface area contributed by atoms with Gasteiger partial charge in [0.15, 0.2) is 0 Å². The number of methoxy groups -OCH3 is 1. The SMILES string of the molecule is COc1ccc(-c2c(C(=O)O)sc3c2NC(=O)C[C@H]3c2ccc(Cl)cc2)cc1. The molecule has 1 amide bonds. The molecule has 0 spiro atoms. The maximum absolute atomic E-state index is 12.4. The molecule has 0 unspecified atom stereocenters. The maximum Gasteiger partial charge on any atom is 0.346 e. The molecule has 2 N–H and O–H groups in total. The number of benzene rings is 2. The summed E-state index contributed by atoms with van der Waals surface area (Å²) in [6, 6.07) is 14.4. The molecule has 0 aliphatic carbocycles. The highest BCUT2D eigenvalue weighted by Crippen LogP contribution is 2.49. The Kier molecular flexibility index (Phi) is 4.83. The molecule has 2 aromatic carbocycles. The van der Waals surface area contributed by atoms with Crippen LogP contribution in [0, 0.1) is 0 Å². The van der Waals surface area contributed by atoms with Crippen LogP contribution in [-0.2, 0) is 4.79 Å². The second-order valence-electron chi connectivity index (χ2n) is 6.44. The van der Waals surface area contributed by atoms with Crippen molar-refractivity contribution in [3.63, 3.8) is 0 Å². The van der Waals surface area contributed by atoms with Gasteiger partial charge in [-0.25, -0.2) is 4.79 Å². The minimum atomic E-state index is -1.02. The van der Waals surface area contributed by atoms with Crippen LogP contribution >= 0.6 is 22.9 Å². The zero-order valence-corrected chi connectivity index (χ0v) is 16.4. The number of carboxylic acids is 1. The molecule has 2 heterocycles. The number of fused-ring (bicyclic) bond motifs is 1. The number of hydrogen-bond donors (Lipinski definition) is 2. The number of hydrogen-bond acceptors (Lipinski definition) is 4. The number of carbonyl (C=O) groups excluding carboxylic acids is 1. The van der Waals surface area contributed by atoms with Gasteiger partial charge in [0, 0.05) is 27.8 Å². The minimum Gasteiger partial charge on any atom is -0.497 e. The standard InChI is InChI=1S/C21H16ClNO4S/c1-27-14-8-4-12(5-9-14)17-18-19(28-20(17)21(25)26)15(10-16(24)23-18)11-2-6-13(22)7-3-11/h2-9,15H,10H2,1H3,(H,23,24)(H,25,26)/t15-/m0/s1. The van der Waals surface area contributed by atoms with Crippen molar-refractivity contribution in [2.75, 3.05) is 12.4 Å². The average molecular weight is 414 g/mol. The molecule has 0 saturated carbocycles.